The molecule has 1 aromatic heterocycles. The maximum Gasteiger partial charge on any atom is 0.254 e. The zero-order valence-electron chi connectivity index (χ0n) is 9.17. The van der Waals surface area contributed by atoms with E-state index in [0.29, 0.717) is 23.1 Å². The van der Waals surface area contributed by atoms with Gasteiger partial charge in [0.1, 0.15) is 11.0 Å². The first-order valence-electron chi connectivity index (χ1n) is 5.51. The van der Waals surface area contributed by atoms with E-state index >= 15 is 0 Å². The zero-order valence-corrected chi connectivity index (χ0v) is 9.17. The molecule has 0 atom stereocenters. The molecular formula is C12H11N3O2. The highest BCUT2D eigenvalue weighted by Gasteiger charge is 2.16. The Morgan fingerprint density at radius 2 is 2.12 bits per heavy atom. The van der Waals surface area contributed by atoms with Gasteiger partial charge in [0.25, 0.3) is 5.91 Å². The molecule has 1 aliphatic rings. The van der Waals surface area contributed by atoms with Crippen LogP contribution in [0.3, 0.4) is 0 Å². The monoisotopic (exact) mass is 229 g/mol. The first-order valence-corrected chi connectivity index (χ1v) is 5.51. The predicted molar refractivity (Wildman–Crippen MR) is 61.5 cm³/mol. The third-order valence-corrected chi connectivity index (χ3v) is 2.85. The van der Waals surface area contributed by atoms with Gasteiger partial charge in [-0.2, -0.15) is 0 Å². The molecule has 86 valence electrons. The number of rotatable bonds is 1. The summed E-state index contributed by atoms with van der Waals surface area (Å²) in [6.45, 7) is 1.44. The van der Waals surface area contributed by atoms with Gasteiger partial charge in [0.2, 0.25) is 0 Å². The number of benzene rings is 1. The lowest BCUT2D eigenvalue weighted by atomic mass is 10.1. The Kier molecular flexibility index (Phi) is 2.36. The number of amides is 1. The molecule has 17 heavy (non-hydrogen) atoms. The van der Waals surface area contributed by atoms with E-state index < -0.39 is 0 Å². The van der Waals surface area contributed by atoms with Crippen molar-refractivity contribution in [2.75, 3.05) is 13.1 Å². The molecule has 2 aromatic rings. The first kappa shape index (κ1) is 10.0. The van der Waals surface area contributed by atoms with Crippen molar-refractivity contribution >= 4 is 16.9 Å². The van der Waals surface area contributed by atoms with Crippen LogP contribution >= 0.6 is 0 Å². The smallest absolute Gasteiger partial charge is 0.254 e. The second-order valence-electron chi connectivity index (χ2n) is 3.98. The molecule has 0 saturated heterocycles. The van der Waals surface area contributed by atoms with Crippen LogP contribution in [-0.4, -0.2) is 34.2 Å². The average molecular weight is 229 g/mol. The molecule has 0 aliphatic carbocycles. The number of nitrogens with zero attached hydrogens (tertiary/aromatic N) is 3. The lowest BCUT2D eigenvalue weighted by molar-refractivity contribution is 0.0771. The second-order valence-corrected chi connectivity index (χ2v) is 3.98. The van der Waals surface area contributed by atoms with E-state index in [1.54, 1.807) is 18.2 Å². The summed E-state index contributed by atoms with van der Waals surface area (Å²) in [7, 11) is 0. The number of carbonyl (C=O) groups is 1. The maximum atomic E-state index is 12.2. The van der Waals surface area contributed by atoms with E-state index in [1.165, 1.54) is 0 Å². The Morgan fingerprint density at radius 1 is 1.24 bits per heavy atom. The third-order valence-electron chi connectivity index (χ3n) is 2.85. The van der Waals surface area contributed by atoms with Crippen molar-refractivity contribution in [3.8, 4) is 0 Å². The molecule has 5 heteroatoms. The van der Waals surface area contributed by atoms with Crippen molar-refractivity contribution in [1.29, 1.82) is 0 Å². The van der Waals surface area contributed by atoms with E-state index in [-0.39, 0.29) is 5.91 Å². The fourth-order valence-electron chi connectivity index (χ4n) is 1.92. The molecule has 5 nitrogen and oxygen atoms in total. The molecule has 1 amide bonds. The van der Waals surface area contributed by atoms with Gasteiger partial charge in [-0.3, -0.25) is 4.79 Å². The molecule has 2 heterocycles. The standard InChI is InChI=1S/C12H11N3O2/c16-12(15-6-2-1-3-7-15)9-4-5-10-11(8-9)14-17-13-10/h1-2,4-5,8H,3,6-7H2. The molecule has 0 bridgehead atoms. The summed E-state index contributed by atoms with van der Waals surface area (Å²) in [6.07, 6.45) is 5.02. The minimum Gasteiger partial charge on any atom is -0.335 e. The number of carbonyl (C=O) groups excluding carboxylic acids is 1. The molecule has 1 aromatic carbocycles. The van der Waals surface area contributed by atoms with Crippen molar-refractivity contribution in [1.82, 2.24) is 15.2 Å². The summed E-state index contributed by atoms with van der Waals surface area (Å²) < 4.78 is 4.61. The second kappa shape index (κ2) is 4.01. The highest BCUT2D eigenvalue weighted by Crippen LogP contribution is 2.14. The van der Waals surface area contributed by atoms with Gasteiger partial charge in [-0.05, 0) is 34.9 Å². The summed E-state index contributed by atoms with van der Waals surface area (Å²) in [4.78, 5) is 14.0. The summed E-state index contributed by atoms with van der Waals surface area (Å²) in [5, 5.41) is 7.45. The normalized spacial score (nSPS) is 15.4. The van der Waals surface area contributed by atoms with E-state index in [1.807, 2.05) is 11.0 Å². The average Bonchev–Trinajstić information content (AvgIpc) is 2.86. The molecule has 1 aliphatic heterocycles. The van der Waals surface area contributed by atoms with Gasteiger partial charge >= 0.3 is 0 Å². The lowest BCUT2D eigenvalue weighted by Gasteiger charge is -2.23. The SMILES string of the molecule is O=C(c1ccc2nonc2c1)N1CC=CCC1. The van der Waals surface area contributed by atoms with E-state index in [0.717, 1.165) is 13.0 Å². The van der Waals surface area contributed by atoms with Crippen molar-refractivity contribution in [3.05, 3.63) is 35.9 Å². The Morgan fingerprint density at radius 3 is 2.94 bits per heavy atom. The van der Waals surface area contributed by atoms with Crippen LogP contribution < -0.4 is 0 Å². The Balaban J connectivity index is 1.91. The van der Waals surface area contributed by atoms with Gasteiger partial charge in [0, 0.05) is 18.7 Å². The van der Waals surface area contributed by atoms with Crippen LogP contribution in [0.25, 0.3) is 11.0 Å². The molecule has 0 N–H and O–H groups in total. The van der Waals surface area contributed by atoms with Crippen LogP contribution in [0.2, 0.25) is 0 Å². The summed E-state index contributed by atoms with van der Waals surface area (Å²) >= 11 is 0. The molecular weight excluding hydrogens is 218 g/mol. The topological polar surface area (TPSA) is 59.2 Å². The van der Waals surface area contributed by atoms with Crippen molar-refractivity contribution < 1.29 is 9.42 Å². The number of hydrogen-bond donors (Lipinski definition) is 0. The number of fused-ring (bicyclic) bond motifs is 1. The number of hydrogen-bond acceptors (Lipinski definition) is 4. The number of aromatic nitrogens is 2. The van der Waals surface area contributed by atoms with Crippen LogP contribution in [0.15, 0.2) is 35.0 Å². The van der Waals surface area contributed by atoms with Gasteiger partial charge in [-0.1, -0.05) is 12.2 Å². The largest absolute Gasteiger partial charge is 0.335 e. The minimum atomic E-state index is 0.0271. The van der Waals surface area contributed by atoms with Crippen LogP contribution in [0.4, 0.5) is 0 Å². The Bertz CT molecular complexity index is 588. The first-order chi connectivity index (χ1) is 8.34. The molecule has 0 saturated carbocycles. The molecule has 3 rings (SSSR count). The van der Waals surface area contributed by atoms with Crippen molar-refractivity contribution in [2.45, 2.75) is 6.42 Å². The molecule has 0 unspecified atom stereocenters. The van der Waals surface area contributed by atoms with Crippen LogP contribution in [0.1, 0.15) is 16.8 Å². The van der Waals surface area contributed by atoms with Gasteiger partial charge in [-0.15, -0.1) is 0 Å². The van der Waals surface area contributed by atoms with Crippen LogP contribution in [0.5, 0.6) is 0 Å². The van der Waals surface area contributed by atoms with Crippen LogP contribution in [0, 0.1) is 0 Å². The molecule has 0 fully saturated rings. The Labute approximate surface area is 97.7 Å². The maximum absolute atomic E-state index is 12.2. The minimum absolute atomic E-state index is 0.0271. The summed E-state index contributed by atoms with van der Waals surface area (Å²) in [5.74, 6) is 0.0271. The lowest BCUT2D eigenvalue weighted by Crippen LogP contribution is -2.33. The van der Waals surface area contributed by atoms with Gasteiger partial charge in [0.15, 0.2) is 0 Å². The van der Waals surface area contributed by atoms with Crippen molar-refractivity contribution in [2.24, 2.45) is 0 Å². The van der Waals surface area contributed by atoms with Crippen molar-refractivity contribution in [3.63, 3.8) is 0 Å². The molecule has 0 radical (unpaired) electrons. The fourth-order valence-corrected chi connectivity index (χ4v) is 1.92. The highest BCUT2D eigenvalue weighted by atomic mass is 16.6. The third kappa shape index (κ3) is 1.80. The predicted octanol–water partition coefficient (Wildman–Crippen LogP) is 1.62. The highest BCUT2D eigenvalue weighted by molar-refractivity contribution is 5.97. The van der Waals surface area contributed by atoms with Crippen LogP contribution in [-0.2, 0) is 0 Å². The summed E-state index contributed by atoms with van der Waals surface area (Å²) in [6, 6.07) is 5.22. The quantitative estimate of drug-likeness (QED) is 0.697. The fraction of sp³-hybridized carbons (Fsp3) is 0.250. The van der Waals surface area contributed by atoms with E-state index in [4.69, 9.17) is 0 Å². The zero-order chi connectivity index (χ0) is 11.7. The van der Waals surface area contributed by atoms with Gasteiger partial charge < -0.3 is 4.90 Å². The van der Waals surface area contributed by atoms with E-state index in [2.05, 4.69) is 21.0 Å². The van der Waals surface area contributed by atoms with Gasteiger partial charge in [-0.25, -0.2) is 4.63 Å². The van der Waals surface area contributed by atoms with Gasteiger partial charge in [0.05, 0.1) is 0 Å². The Hall–Kier alpha value is -2.17. The summed E-state index contributed by atoms with van der Waals surface area (Å²) in [5.41, 5.74) is 1.91. The van der Waals surface area contributed by atoms with E-state index in [9.17, 15) is 4.79 Å². The molecule has 0 spiro atoms.